The number of nitrogens with zero attached hydrogens (tertiary/aromatic N) is 2. The molecule has 0 aliphatic carbocycles. The van der Waals surface area contributed by atoms with E-state index in [0.29, 0.717) is 18.8 Å². The number of hydrogen-bond donors (Lipinski definition) is 1. The minimum Gasteiger partial charge on any atom is -0.269 e. The molecule has 1 fully saturated rings. The number of thiazole rings is 1. The van der Waals surface area contributed by atoms with Crippen molar-refractivity contribution in [2.75, 3.05) is 13.1 Å². The monoisotopic (exact) mass is 315 g/mol. The molecular formula is C12H17N3O3S2. The first-order valence-electron chi connectivity index (χ1n) is 6.39. The molecule has 1 amide bonds. The summed E-state index contributed by atoms with van der Waals surface area (Å²) < 4.78 is 27.3. The Morgan fingerprint density at radius 2 is 2.10 bits per heavy atom. The van der Waals surface area contributed by atoms with Gasteiger partial charge in [-0.25, -0.2) is 9.71 Å². The van der Waals surface area contributed by atoms with Crippen molar-refractivity contribution in [2.24, 2.45) is 0 Å². The normalized spacial score (nSPS) is 17.4. The summed E-state index contributed by atoms with van der Waals surface area (Å²) in [4.78, 5) is 15.8. The fraction of sp³-hybridized carbons (Fsp3) is 0.500. The Kier molecular flexibility index (Phi) is 4.90. The molecule has 1 N–H and O–H groups in total. The number of amides is 1. The second-order valence-corrected chi connectivity index (χ2v) is 7.29. The molecule has 2 rings (SSSR count). The molecule has 1 saturated heterocycles. The summed E-state index contributed by atoms with van der Waals surface area (Å²) in [6, 6.07) is 0. The van der Waals surface area contributed by atoms with Crippen LogP contribution in [0.2, 0.25) is 0 Å². The van der Waals surface area contributed by atoms with Gasteiger partial charge in [-0.1, -0.05) is 6.42 Å². The van der Waals surface area contributed by atoms with E-state index in [-0.39, 0.29) is 0 Å². The molecule has 1 aliphatic heterocycles. The maximum absolute atomic E-state index is 12.0. The highest BCUT2D eigenvalue weighted by Crippen LogP contribution is 2.12. The molecule has 0 spiro atoms. The van der Waals surface area contributed by atoms with Crippen molar-refractivity contribution in [2.45, 2.75) is 26.2 Å². The van der Waals surface area contributed by atoms with E-state index in [4.69, 9.17) is 0 Å². The lowest BCUT2D eigenvalue weighted by Gasteiger charge is -2.25. The molecule has 1 aromatic heterocycles. The maximum atomic E-state index is 12.0. The van der Waals surface area contributed by atoms with Crippen LogP contribution in [0.5, 0.6) is 0 Å². The van der Waals surface area contributed by atoms with Crippen LogP contribution >= 0.6 is 11.3 Å². The maximum Gasteiger partial charge on any atom is 0.304 e. The number of carbonyl (C=O) groups excluding carboxylic acids is 1. The van der Waals surface area contributed by atoms with Gasteiger partial charge in [0.15, 0.2) is 0 Å². The SMILES string of the molecule is Cc1nc(/C=C/C(=O)NS(=O)(=O)N2CCCCC2)cs1. The van der Waals surface area contributed by atoms with Gasteiger partial charge in [0.25, 0.3) is 5.91 Å². The Balaban J connectivity index is 1.94. The summed E-state index contributed by atoms with van der Waals surface area (Å²) in [6.45, 7) is 2.80. The van der Waals surface area contributed by atoms with Gasteiger partial charge in [0, 0.05) is 24.5 Å². The van der Waals surface area contributed by atoms with Crippen LogP contribution < -0.4 is 4.72 Å². The fourth-order valence-corrected chi connectivity index (χ4v) is 3.72. The molecule has 0 bridgehead atoms. The number of aromatic nitrogens is 1. The van der Waals surface area contributed by atoms with Gasteiger partial charge >= 0.3 is 10.2 Å². The van der Waals surface area contributed by atoms with E-state index in [9.17, 15) is 13.2 Å². The van der Waals surface area contributed by atoms with E-state index in [1.165, 1.54) is 27.8 Å². The molecular weight excluding hydrogens is 298 g/mol. The van der Waals surface area contributed by atoms with Gasteiger partial charge in [-0.3, -0.25) is 4.79 Å². The van der Waals surface area contributed by atoms with Crippen molar-refractivity contribution < 1.29 is 13.2 Å². The largest absolute Gasteiger partial charge is 0.304 e. The third-order valence-electron chi connectivity index (χ3n) is 2.93. The van der Waals surface area contributed by atoms with E-state index in [1.54, 1.807) is 5.38 Å². The van der Waals surface area contributed by atoms with Crippen LogP contribution in [0.3, 0.4) is 0 Å². The predicted octanol–water partition coefficient (Wildman–Crippen LogP) is 1.31. The van der Waals surface area contributed by atoms with Crippen LogP contribution in [0.15, 0.2) is 11.5 Å². The van der Waals surface area contributed by atoms with Crippen LogP contribution in [-0.2, 0) is 15.0 Å². The van der Waals surface area contributed by atoms with Gasteiger partial charge < -0.3 is 0 Å². The molecule has 20 heavy (non-hydrogen) atoms. The molecule has 8 heteroatoms. The average molecular weight is 315 g/mol. The van der Waals surface area contributed by atoms with E-state index < -0.39 is 16.1 Å². The molecule has 6 nitrogen and oxygen atoms in total. The summed E-state index contributed by atoms with van der Waals surface area (Å²) in [6.07, 6.45) is 5.40. The van der Waals surface area contributed by atoms with Crippen LogP contribution in [0.4, 0.5) is 0 Å². The molecule has 0 atom stereocenters. The van der Waals surface area contributed by atoms with Crippen LogP contribution in [0.1, 0.15) is 30.0 Å². The molecule has 0 unspecified atom stereocenters. The van der Waals surface area contributed by atoms with Crippen molar-refractivity contribution in [3.05, 3.63) is 22.2 Å². The van der Waals surface area contributed by atoms with Crippen LogP contribution in [-0.4, -0.2) is 36.7 Å². The third-order valence-corrected chi connectivity index (χ3v) is 5.22. The highest BCUT2D eigenvalue weighted by molar-refractivity contribution is 7.87. The van der Waals surface area contributed by atoms with Gasteiger partial charge in [0.1, 0.15) is 0 Å². The van der Waals surface area contributed by atoms with Gasteiger partial charge in [-0.2, -0.15) is 12.7 Å². The van der Waals surface area contributed by atoms with Crippen molar-refractivity contribution >= 4 is 33.5 Å². The number of hydrogen-bond acceptors (Lipinski definition) is 5. The van der Waals surface area contributed by atoms with Crippen molar-refractivity contribution in [3.8, 4) is 0 Å². The van der Waals surface area contributed by atoms with E-state index in [2.05, 4.69) is 9.71 Å². The summed E-state index contributed by atoms with van der Waals surface area (Å²) >= 11 is 1.47. The smallest absolute Gasteiger partial charge is 0.269 e. The lowest BCUT2D eigenvalue weighted by Crippen LogP contribution is -2.45. The van der Waals surface area contributed by atoms with Gasteiger partial charge in [0.2, 0.25) is 0 Å². The minimum absolute atomic E-state index is 0.470. The van der Waals surface area contributed by atoms with Crippen LogP contribution in [0, 0.1) is 6.92 Å². The molecule has 1 aromatic rings. The number of rotatable bonds is 4. The van der Waals surface area contributed by atoms with Crippen LogP contribution in [0.25, 0.3) is 6.08 Å². The third kappa shape index (κ3) is 4.12. The molecule has 0 saturated carbocycles. The van der Waals surface area contributed by atoms with E-state index in [0.717, 1.165) is 24.3 Å². The lowest BCUT2D eigenvalue weighted by molar-refractivity contribution is -0.114. The van der Waals surface area contributed by atoms with E-state index in [1.807, 2.05) is 6.92 Å². The molecule has 0 aromatic carbocycles. The Morgan fingerprint density at radius 1 is 1.40 bits per heavy atom. The van der Waals surface area contributed by atoms with Crippen molar-refractivity contribution in [1.29, 1.82) is 0 Å². The number of piperidine rings is 1. The minimum atomic E-state index is -3.72. The van der Waals surface area contributed by atoms with Crippen molar-refractivity contribution in [3.63, 3.8) is 0 Å². The Labute approximate surface area is 122 Å². The zero-order valence-electron chi connectivity index (χ0n) is 11.2. The number of aryl methyl sites for hydroxylation is 1. The Hall–Kier alpha value is -1.25. The molecule has 110 valence electrons. The van der Waals surface area contributed by atoms with Gasteiger partial charge in [-0.15, -0.1) is 11.3 Å². The second kappa shape index (κ2) is 6.47. The summed E-state index contributed by atoms with van der Waals surface area (Å²) in [5.74, 6) is -0.652. The molecule has 2 heterocycles. The zero-order valence-corrected chi connectivity index (χ0v) is 12.8. The predicted molar refractivity (Wildman–Crippen MR) is 78.4 cm³/mol. The summed E-state index contributed by atoms with van der Waals surface area (Å²) in [5.41, 5.74) is 0.651. The van der Waals surface area contributed by atoms with Gasteiger partial charge in [-0.05, 0) is 25.8 Å². The first-order chi connectivity index (χ1) is 9.47. The standard InChI is InChI=1S/C12H17N3O3S2/c1-10-13-11(9-19-10)5-6-12(16)14-20(17,18)15-7-3-2-4-8-15/h5-6,9H,2-4,7-8H2,1H3,(H,14,16)/b6-5+. The Bertz CT molecular complexity index is 601. The number of carbonyl (C=O) groups is 1. The zero-order chi connectivity index (χ0) is 14.6. The lowest BCUT2D eigenvalue weighted by atomic mass is 10.2. The average Bonchev–Trinajstić information content (AvgIpc) is 2.83. The Morgan fingerprint density at radius 3 is 2.70 bits per heavy atom. The van der Waals surface area contributed by atoms with E-state index >= 15 is 0 Å². The molecule has 0 radical (unpaired) electrons. The van der Waals surface area contributed by atoms with Crippen molar-refractivity contribution in [1.82, 2.24) is 14.0 Å². The highest BCUT2D eigenvalue weighted by atomic mass is 32.2. The molecule has 1 aliphatic rings. The second-order valence-electron chi connectivity index (χ2n) is 4.56. The highest BCUT2D eigenvalue weighted by Gasteiger charge is 2.24. The first kappa shape index (κ1) is 15.1. The fourth-order valence-electron chi connectivity index (χ4n) is 1.95. The van der Waals surface area contributed by atoms with Gasteiger partial charge in [0.05, 0.1) is 10.7 Å². The topological polar surface area (TPSA) is 79.4 Å². The first-order valence-corrected chi connectivity index (χ1v) is 8.71. The summed E-state index contributed by atoms with van der Waals surface area (Å²) in [7, 11) is -3.72. The summed E-state index contributed by atoms with van der Waals surface area (Å²) in [5, 5.41) is 2.70. The number of nitrogens with one attached hydrogen (secondary N) is 1. The quantitative estimate of drug-likeness (QED) is 0.850.